The van der Waals surface area contributed by atoms with Gasteiger partial charge in [0.05, 0.1) is 39.3 Å². The van der Waals surface area contributed by atoms with E-state index in [0.717, 1.165) is 15.0 Å². The maximum atomic E-state index is 4.07. The molecule has 0 aromatic rings. The molecule has 0 spiro atoms. The van der Waals surface area contributed by atoms with E-state index in [9.17, 15) is 0 Å². The molecule has 0 saturated carbocycles. The molecular weight excluding hydrogens is 7860 g/mol. The van der Waals surface area contributed by atoms with Gasteiger partial charge in [-0.25, -0.2) is 0 Å². The third-order valence-electron chi connectivity index (χ3n) is 6.05. The maximum Gasteiger partial charge on any atom is 0.0916 e. The molecule has 2 aliphatic rings. The van der Waals surface area contributed by atoms with Gasteiger partial charge in [-0.15, -0.1) is 20.5 Å². The average Bonchev–Trinajstić information content (AvgIpc) is 2.54. The van der Waals surface area contributed by atoms with Gasteiger partial charge in [0.2, 0.25) is 0 Å². The minimum atomic E-state index is 0. The van der Waals surface area contributed by atoms with E-state index >= 15 is 0 Å². The molecule has 2 fully saturated rings. The zero-order chi connectivity index (χ0) is 20.6. The van der Waals surface area contributed by atoms with Crippen LogP contribution in [0.15, 0.2) is 0 Å². The molecule has 2 heterocycles. The van der Waals surface area contributed by atoms with Crippen LogP contribution in [-0.4, -0.2) is 131 Å². The van der Waals surface area contributed by atoms with Crippen LogP contribution in [0.2, 0.25) is 0 Å². The van der Waals surface area contributed by atoms with E-state index in [1.54, 1.807) is 0 Å². The molecule has 0 amide bonds. The molecule has 0 aromatic heterocycles. The van der Waals surface area contributed by atoms with Crippen LogP contribution >= 0.6 is 0 Å². The smallest absolute Gasteiger partial charge is 0.0916 e. The third kappa shape index (κ3) is 214. The van der Waals surface area contributed by atoms with Crippen LogP contribution in [0.4, 0.5) is 0 Å². The summed E-state index contributed by atoms with van der Waals surface area (Å²) in [5.41, 5.74) is 0. The van der Waals surface area contributed by atoms with Gasteiger partial charge in [0.25, 0.3) is 0 Å². The fraction of sp³-hybridized carbons (Fsp3) is 0.905. The Bertz CT molecular complexity index is 420. The number of nitrogens with zero attached hydrogens (tertiary/aromatic N) is 5. The molecule has 0 bridgehead atoms. The monoisotopic (exact) mass is 7910 g/mol. The van der Waals surface area contributed by atoms with Crippen LogP contribution in [0, 0.1) is 13.6 Å². The van der Waals surface area contributed by atoms with Gasteiger partial charge in [-0.05, 0) is 27.9 Å². The summed E-state index contributed by atoms with van der Waals surface area (Å²) < 4.78 is 3.15. The Kier molecular flexibility index (Phi) is 885. The Morgan fingerprint density at radius 3 is 0.552 bits per heavy atom. The van der Waals surface area contributed by atoms with Gasteiger partial charge in [-0.1, -0.05) is 0 Å². The van der Waals surface area contributed by atoms with Crippen molar-refractivity contribution in [1.82, 2.24) is 9.80 Å². The Labute approximate surface area is 1000 Å². The predicted molar refractivity (Wildman–Crippen MR) is 115 cm³/mol. The van der Waals surface area contributed by atoms with Gasteiger partial charge in [-0.2, -0.15) is 0 Å². The Balaban J connectivity index is -0.00000000271. The third-order valence-corrected chi connectivity index (χ3v) is 6.05. The van der Waals surface area contributed by atoms with Crippen LogP contribution in [0.1, 0.15) is 20.8 Å². The second-order valence-corrected chi connectivity index (χ2v) is 10.1. The maximum absolute atomic E-state index is 4.07. The molecule has 0 aliphatic carbocycles. The van der Waals surface area contributed by atoms with Crippen LogP contribution in [0.25, 0.3) is 0 Å². The van der Waals surface area contributed by atoms with Crippen molar-refractivity contribution in [2.24, 2.45) is 0 Å². The fourth-order valence-corrected chi connectivity index (χ4v) is 2.59. The summed E-state index contributed by atoms with van der Waals surface area (Å²) in [7, 11) is 19.4. The van der Waals surface area contributed by atoms with Crippen LogP contribution in [0.3, 0.4) is 0 Å². The summed E-state index contributed by atoms with van der Waals surface area (Å²) >= 11 is 0. The minimum Gasteiger partial charge on any atom is -0.462 e. The molecule has 2 rings (SSSR count). The summed E-state index contributed by atoms with van der Waals surface area (Å²) in [5, 5.41) is 0. The summed E-state index contributed by atoms with van der Waals surface area (Å²) in [4.78, 5) is 4.77. The molecule has 2 saturated heterocycles. The predicted octanol–water partition coefficient (Wildman–Crippen LogP) is 1.73. The fourth-order valence-electron chi connectivity index (χ4n) is 2.59. The molecular formula is C21H50N5W41+. The number of rotatable bonds is 2. The number of quaternary nitrogens is 3. The van der Waals surface area contributed by atoms with Crippen LogP contribution in [-0.2, 0) is 864 Å². The first-order valence-corrected chi connectivity index (χ1v) is 10.2. The molecule has 5 nitrogen and oxygen atoms in total. The van der Waals surface area contributed by atoms with Gasteiger partial charge < -0.3 is 13.4 Å². The normalized spacial score (nSPS) is 9.13. The number of hydrogen-bond donors (Lipinski definition) is 0. The van der Waals surface area contributed by atoms with Gasteiger partial charge in [0.15, 0.2) is 0 Å². The molecule has 404 valence electrons. The first-order valence-electron chi connectivity index (χ1n) is 10.2. The zero-order valence-electron chi connectivity index (χ0n) is 36.5. The van der Waals surface area contributed by atoms with Gasteiger partial charge >= 0.3 is 0 Å². The molecule has 0 radical (unpaired) electrons. The van der Waals surface area contributed by atoms with Crippen molar-refractivity contribution in [3.05, 3.63) is 13.6 Å². The first-order chi connectivity index (χ1) is 11.7. The van der Waals surface area contributed by atoms with E-state index in [2.05, 4.69) is 93.5 Å². The number of piperazine rings is 2. The van der Waals surface area contributed by atoms with Crippen molar-refractivity contribution < 1.29 is 877 Å². The van der Waals surface area contributed by atoms with E-state index < -0.39 is 0 Å². The van der Waals surface area contributed by atoms with E-state index in [0.29, 0.717) is 0 Å². The molecule has 0 atom stereocenters. The first kappa shape index (κ1) is 299. The quantitative estimate of drug-likeness (QED) is 0.308. The average molecular weight is 7910 g/mol. The zero-order valence-corrected chi connectivity index (χ0v) is 157. The van der Waals surface area contributed by atoms with E-state index in [4.69, 9.17) is 0 Å². The van der Waals surface area contributed by atoms with Gasteiger partial charge in [-0.3, -0.25) is 9.80 Å². The minimum absolute atomic E-state index is 0. The number of hydrogen-bond acceptors (Lipinski definition) is 2. The van der Waals surface area contributed by atoms with Crippen molar-refractivity contribution in [3.8, 4) is 0 Å². The largest absolute Gasteiger partial charge is 0.462 e. The van der Waals surface area contributed by atoms with Gasteiger partial charge in [0.1, 0.15) is 0 Å². The molecule has 0 unspecified atom stereocenters. The van der Waals surface area contributed by atoms with Gasteiger partial charge in [0, 0.05) is 918 Å². The summed E-state index contributed by atoms with van der Waals surface area (Å²) in [6.07, 6.45) is 0. The summed E-state index contributed by atoms with van der Waals surface area (Å²) in [5.74, 6) is 0. The SMILES string of the molecule is CC(C)[N+]1(C)CCN(C)CC1.C[CH-][N+](C)(C)C.[CH2-][N+]1(C)CCN(C)CC1.[W].[W].[W].[W].[W].[W].[W].[W].[W].[W].[W].[W].[W].[W].[W].[W].[W].[W].[W].[W].[W].[W].[W].[W].[W].[W].[W].[W].[W].[W].[W].[W].[W].[W].[W].[W].[W].[W].[W].[W].[W]. The molecule has 0 N–H and O–H groups in total. The van der Waals surface area contributed by atoms with E-state index in [-0.39, 0.29) is 864 Å². The van der Waals surface area contributed by atoms with E-state index in [1.165, 1.54) is 56.8 Å². The van der Waals surface area contributed by atoms with Crippen molar-refractivity contribution in [2.75, 3.05) is 102 Å². The Morgan fingerprint density at radius 2 is 0.463 bits per heavy atom. The number of likely N-dealkylation sites (N-methyl/N-ethyl adjacent to an activating group) is 4. The van der Waals surface area contributed by atoms with Crippen LogP contribution < -0.4 is 0 Å². The van der Waals surface area contributed by atoms with E-state index in [1.807, 2.05) is 0 Å². The molecule has 46 heteroatoms. The van der Waals surface area contributed by atoms with Crippen molar-refractivity contribution in [2.45, 2.75) is 26.8 Å². The summed E-state index contributed by atoms with van der Waals surface area (Å²) in [6, 6.07) is 0.781. The Morgan fingerprint density at radius 1 is 0.343 bits per heavy atom. The molecule has 0 aromatic carbocycles. The second kappa shape index (κ2) is 198. The molecule has 2 aliphatic heterocycles. The van der Waals surface area contributed by atoms with Crippen molar-refractivity contribution in [1.29, 1.82) is 0 Å². The van der Waals surface area contributed by atoms with Crippen LogP contribution in [0.5, 0.6) is 0 Å². The standard InChI is InChI=1S/C9H21N2.C7H16N2.C5H13N.41W/c1-9(2)11(4)7-5-10(3)6-8-11;1-8-4-6-9(2,3)7-5-8;1-5-6(2,3)4;;;;;;;;;;;;;;;;;;;;;;;;;;;;;;;;;;;;;;;;;/h9H,5-8H2,1-4H3;2,4-7H2,1,3H3;5H,1-4H3;;;;;;;;;;;;;;;;;;;;;;;;;;;;;;;;;;;;;;;;;/q+1;;;;;;;;;;;;;;;;;;;;;;;;;;;;;;;;;;;;;;;;;;;. The summed E-state index contributed by atoms with van der Waals surface area (Å²) in [6.45, 7) is 18.7. The second-order valence-electron chi connectivity index (χ2n) is 10.1. The molecule has 67 heavy (non-hydrogen) atoms. The Hall–Kier alpha value is 28.0. The topological polar surface area (TPSA) is 6.48 Å². The van der Waals surface area contributed by atoms with Crippen molar-refractivity contribution >= 4 is 0 Å². The van der Waals surface area contributed by atoms with Crippen molar-refractivity contribution in [3.63, 3.8) is 0 Å².